The van der Waals surface area contributed by atoms with E-state index in [9.17, 15) is 91.1 Å². The minimum absolute atomic E-state index is 0.0149. The molecule has 15 unspecified atom stereocenters. The molecule has 0 radical (unpaired) electrons. The molecule has 10 amide bonds. The summed E-state index contributed by atoms with van der Waals surface area (Å²) in [7, 11) is 0. The fourth-order valence-corrected chi connectivity index (χ4v) is 14.3. The maximum absolute atomic E-state index is 13.8. The number of nitrogens with one attached hydrogen (secondary N) is 10. The molecule has 0 aromatic heterocycles. The van der Waals surface area contributed by atoms with Crippen molar-refractivity contribution < 1.29 is 176 Å². The van der Waals surface area contributed by atoms with E-state index in [4.69, 9.17) is 85.3 Å². The van der Waals surface area contributed by atoms with Crippen LogP contribution in [0.1, 0.15) is 191 Å². The molecule has 0 bridgehead atoms. The monoisotopic (exact) mass is 1920 g/mol. The Morgan fingerprint density at radius 3 is 0.978 bits per heavy atom. The van der Waals surface area contributed by atoms with Crippen molar-refractivity contribution in [1.82, 2.24) is 53.2 Å². The van der Waals surface area contributed by atoms with Crippen molar-refractivity contribution in [3.05, 3.63) is 35.9 Å². The number of unbranched alkanes of at least 4 members (excludes halogenated alkanes) is 3. The molecule has 3 fully saturated rings. The van der Waals surface area contributed by atoms with Gasteiger partial charge < -0.3 is 138 Å². The second-order valence-corrected chi connectivity index (χ2v) is 32.2. The van der Waals surface area contributed by atoms with Gasteiger partial charge in [-0.05, 0) is 69.8 Å². The van der Waals surface area contributed by atoms with E-state index in [-0.39, 0.29) is 175 Å². The number of carbonyl (C=O) groups is 19. The lowest BCUT2D eigenvalue weighted by Gasteiger charge is -2.45. The van der Waals surface area contributed by atoms with Crippen LogP contribution in [0.25, 0.3) is 0 Å². The minimum Gasteiger partial charge on any atom is -0.465 e. The molecule has 15 atom stereocenters. The van der Waals surface area contributed by atoms with E-state index < -0.39 is 206 Å². The van der Waals surface area contributed by atoms with Crippen LogP contribution in [0.2, 0.25) is 0 Å². The molecule has 1 saturated carbocycles. The Labute approximate surface area is 783 Å². The van der Waals surface area contributed by atoms with Crippen LogP contribution in [0, 0.1) is 5.92 Å². The van der Waals surface area contributed by atoms with Crippen molar-refractivity contribution in [1.29, 1.82) is 0 Å². The Hall–Kier alpha value is -11.4. The zero-order valence-corrected chi connectivity index (χ0v) is 78.9. The van der Waals surface area contributed by atoms with Crippen LogP contribution in [-0.4, -0.2) is 323 Å². The van der Waals surface area contributed by atoms with Gasteiger partial charge in [0, 0.05) is 187 Å². The number of ether oxygens (including phenoxy) is 18. The number of rotatable bonds is 63. The molecule has 1 aromatic carbocycles. The summed E-state index contributed by atoms with van der Waals surface area (Å²) < 4.78 is 102. The van der Waals surface area contributed by atoms with Gasteiger partial charge in [-0.2, -0.15) is 0 Å². The van der Waals surface area contributed by atoms with E-state index in [1.54, 1.807) is 30.3 Å². The van der Waals surface area contributed by atoms with Gasteiger partial charge in [-0.15, -0.1) is 0 Å². The molecule has 47 nitrogen and oxygen atoms in total. The third kappa shape index (κ3) is 49.6. The molecule has 2 saturated heterocycles. The third-order valence-electron chi connectivity index (χ3n) is 20.1. The van der Waals surface area contributed by atoms with E-state index >= 15 is 0 Å². The molecular formula is C88H136N10O37. The van der Waals surface area contributed by atoms with Crippen molar-refractivity contribution in [3.63, 3.8) is 0 Å². The number of hydrogen-bond donors (Lipinski definition) is 10. The SMILES string of the molecule is CC(=O)NC1C(OCCCCC(=O)NCCCNC(=O)CCOCC(COCCC(=O)NCCCNC(=O)CCCCOC2OC(COC(C)=O)C(OC(C)=O)C(OC(C)=O)C2NC(C)=O)(COCCC(=O)NCCCNC(=O)CCCCOC2OC(COC(C)=O)C(OC(C)=O)C(OC(C)=O)C2NC(C)=O)NC(=O)OCc2ccccc2)CC(COC(C)=O)C(OC(C)=O)C1OC(C)=O. The summed E-state index contributed by atoms with van der Waals surface area (Å²) in [6.45, 7) is 12.2. The van der Waals surface area contributed by atoms with Gasteiger partial charge in [0.15, 0.2) is 43.1 Å². The molecule has 10 N–H and O–H groups in total. The second-order valence-electron chi connectivity index (χ2n) is 32.2. The van der Waals surface area contributed by atoms with Crippen LogP contribution < -0.4 is 53.2 Å². The topological polar surface area (TPSA) is 611 Å². The summed E-state index contributed by atoms with van der Waals surface area (Å²) in [6.07, 6.45) is -11.3. The van der Waals surface area contributed by atoms with Crippen molar-refractivity contribution >= 4 is 113 Å². The number of benzene rings is 1. The predicted octanol–water partition coefficient (Wildman–Crippen LogP) is -0.0682. The molecule has 2 aliphatic heterocycles. The van der Waals surface area contributed by atoms with Crippen LogP contribution in [0.5, 0.6) is 0 Å². The quantitative estimate of drug-likeness (QED) is 0.0232. The Morgan fingerprint density at radius 1 is 0.326 bits per heavy atom. The largest absolute Gasteiger partial charge is 0.465 e. The smallest absolute Gasteiger partial charge is 0.408 e. The summed E-state index contributed by atoms with van der Waals surface area (Å²) in [5, 5.41) is 27.5. The van der Waals surface area contributed by atoms with Gasteiger partial charge in [0.25, 0.3) is 0 Å². The number of hydrogen-bond acceptors (Lipinski definition) is 37. The highest BCUT2D eigenvalue weighted by atomic mass is 16.7. The fourth-order valence-electron chi connectivity index (χ4n) is 14.3. The number of amides is 10. The maximum atomic E-state index is 13.8. The lowest BCUT2D eigenvalue weighted by Crippen LogP contribution is -2.66. The van der Waals surface area contributed by atoms with Gasteiger partial charge in [0.05, 0.1) is 58.4 Å². The first-order valence-electron chi connectivity index (χ1n) is 45.0. The Morgan fingerprint density at radius 2 is 0.637 bits per heavy atom. The van der Waals surface area contributed by atoms with Gasteiger partial charge in [-0.3, -0.25) is 86.3 Å². The lowest BCUT2D eigenvalue weighted by molar-refractivity contribution is -0.277. The summed E-state index contributed by atoms with van der Waals surface area (Å²) in [5.74, 6) is -10.9. The van der Waals surface area contributed by atoms with E-state index in [1.165, 1.54) is 34.6 Å². The molecule has 760 valence electrons. The van der Waals surface area contributed by atoms with Gasteiger partial charge >= 0.3 is 59.8 Å². The maximum Gasteiger partial charge on any atom is 0.408 e. The second kappa shape index (κ2) is 64.6. The first kappa shape index (κ1) is 116. The summed E-state index contributed by atoms with van der Waals surface area (Å²) in [4.78, 5) is 238. The van der Waals surface area contributed by atoms with Crippen LogP contribution in [0.4, 0.5) is 4.79 Å². The predicted molar refractivity (Wildman–Crippen MR) is 465 cm³/mol. The van der Waals surface area contributed by atoms with Gasteiger partial charge in [0.1, 0.15) is 55.8 Å². The molecule has 1 aromatic rings. The summed E-state index contributed by atoms with van der Waals surface area (Å²) in [6, 6.07) is 5.46. The first-order chi connectivity index (χ1) is 64.2. The molecule has 3 aliphatic rings. The van der Waals surface area contributed by atoms with Crippen molar-refractivity contribution in [2.75, 3.05) is 119 Å². The molecule has 135 heavy (non-hydrogen) atoms. The molecule has 1 aliphatic carbocycles. The minimum atomic E-state index is -1.61. The van der Waals surface area contributed by atoms with Crippen molar-refractivity contribution in [2.45, 2.75) is 284 Å². The first-order valence-corrected chi connectivity index (χ1v) is 45.0. The zero-order chi connectivity index (χ0) is 99.8. The molecule has 2 heterocycles. The normalized spacial score (nSPS) is 21.5. The summed E-state index contributed by atoms with van der Waals surface area (Å²) in [5.41, 5.74) is -0.957. The number of carbonyl (C=O) groups excluding carboxylic acids is 19. The standard InChI is InChI=1S/C88H136N10O37/c1-53(99)95-76-67(45-66(47-124-56(4)102)79(128-59(7)105)82(76)131-62(10)108)121-39-19-16-27-70(111)89-33-22-36-92-73(114)30-42-118-50-88(98-87(117)127-46-65-25-14-13-15-26-65,51-119-43-31-74(115)93-37-23-34-90-71(112)28-17-20-40-122-85-77(96-54(2)100)83(132-63(11)109)80(129-60(8)106)68(134-85)48-125-57(5)103)52-120-44-32-75(116)94-38-24-35-91-72(113)29-18-21-41-123-86-78(97-55(3)101)84(133-64(12)110)81(130-61(9)107)69(135-86)49-126-58(6)104/h13-15,25-26,66-69,76-86H,16-24,27-52H2,1-12H3,(H,89,111)(H,90,112)(H,91,113)(H,92,114)(H,93,115)(H,94,116)(H,95,99)(H,96,100)(H,97,101)(H,98,117). The number of esters is 9. The average Bonchev–Trinajstić information content (AvgIpc) is 0.794. The molecular weight excluding hydrogens is 1790 g/mol. The Balaban J connectivity index is 1.33. The fraction of sp³-hybridized carbons (Fsp3) is 0.716. The Kier molecular flexibility index (Phi) is 55.4. The van der Waals surface area contributed by atoms with Crippen LogP contribution >= 0.6 is 0 Å². The highest BCUT2D eigenvalue weighted by Gasteiger charge is 2.54. The van der Waals surface area contributed by atoms with Crippen LogP contribution in [0.15, 0.2) is 30.3 Å². The van der Waals surface area contributed by atoms with Gasteiger partial charge in [-0.1, -0.05) is 30.3 Å². The van der Waals surface area contributed by atoms with Gasteiger partial charge in [-0.25, -0.2) is 4.79 Å². The van der Waals surface area contributed by atoms with E-state index in [0.717, 1.165) is 48.5 Å². The number of alkyl carbamates (subject to hydrolysis) is 1. The van der Waals surface area contributed by atoms with Crippen LogP contribution in [-0.2, 0) is 178 Å². The van der Waals surface area contributed by atoms with E-state index in [1.807, 2.05) is 0 Å². The molecule has 47 heteroatoms. The molecule has 0 spiro atoms. The summed E-state index contributed by atoms with van der Waals surface area (Å²) >= 11 is 0. The highest BCUT2D eigenvalue weighted by Crippen LogP contribution is 2.35. The van der Waals surface area contributed by atoms with E-state index in [2.05, 4.69) is 53.2 Å². The highest BCUT2D eigenvalue weighted by molar-refractivity contribution is 5.80. The van der Waals surface area contributed by atoms with Gasteiger partial charge in [0.2, 0.25) is 53.2 Å². The lowest BCUT2D eigenvalue weighted by atomic mass is 9.79. The Bertz CT molecular complexity index is 3630. The van der Waals surface area contributed by atoms with Crippen molar-refractivity contribution in [3.8, 4) is 0 Å². The zero-order valence-electron chi connectivity index (χ0n) is 78.9. The van der Waals surface area contributed by atoms with Crippen LogP contribution in [0.3, 0.4) is 0 Å². The molecule has 4 rings (SSSR count). The van der Waals surface area contributed by atoms with E-state index in [0.29, 0.717) is 63.4 Å². The van der Waals surface area contributed by atoms with Crippen molar-refractivity contribution in [2.24, 2.45) is 5.92 Å². The third-order valence-corrected chi connectivity index (χ3v) is 20.1. The average molecular weight is 1930 g/mol.